The smallest absolute Gasteiger partial charge is 0.0783 e. The van der Waals surface area contributed by atoms with E-state index in [0.29, 0.717) is 0 Å². The summed E-state index contributed by atoms with van der Waals surface area (Å²) in [6.07, 6.45) is 12.2. The second-order valence-electron chi connectivity index (χ2n) is 7.26. The van der Waals surface area contributed by atoms with E-state index in [4.69, 9.17) is 0 Å². The molecule has 0 aromatic heterocycles. The molecule has 1 saturated heterocycles. The van der Waals surface area contributed by atoms with Crippen LogP contribution in [-0.4, -0.2) is 50.2 Å². The fraction of sp³-hybridized carbons (Fsp3) is 0.875. The van der Waals surface area contributed by atoms with E-state index in [0.717, 1.165) is 16.4 Å². The molecule has 2 aliphatic heterocycles. The Hall–Kier alpha value is -0.500. The van der Waals surface area contributed by atoms with Gasteiger partial charge in [0.15, 0.2) is 0 Å². The van der Waals surface area contributed by atoms with Gasteiger partial charge in [0.2, 0.25) is 0 Å². The van der Waals surface area contributed by atoms with Crippen LogP contribution in [-0.2, 0) is 0 Å². The summed E-state index contributed by atoms with van der Waals surface area (Å²) in [7, 11) is 9.29. The molecule has 2 rings (SSSR count). The number of fused-ring (bicyclic) bond motifs is 2. The summed E-state index contributed by atoms with van der Waals surface area (Å²) in [5.41, 5.74) is 1.63. The fourth-order valence-electron chi connectivity index (χ4n) is 3.59. The van der Waals surface area contributed by atoms with E-state index in [2.05, 4.69) is 39.2 Å². The standard InChI is InChI=1S/C16H31N2/c1-17-15-9-5-6-11-16(17)14(8-7-10-15)12-13-18(2,3)4/h10,14,16H,5-9,11-13H2,1-4H3/q+1/t14-,16+/m1/s1. The molecule has 0 aromatic rings. The number of hydrogen-bond donors (Lipinski definition) is 0. The summed E-state index contributed by atoms with van der Waals surface area (Å²) in [6.45, 7) is 1.31. The molecule has 18 heavy (non-hydrogen) atoms. The summed E-state index contributed by atoms with van der Waals surface area (Å²) in [6, 6.07) is 0.813. The zero-order valence-electron chi connectivity index (χ0n) is 12.8. The Morgan fingerprint density at radius 3 is 2.72 bits per heavy atom. The van der Waals surface area contributed by atoms with Crippen molar-refractivity contribution in [3.05, 3.63) is 11.8 Å². The lowest BCUT2D eigenvalue weighted by atomic mass is 9.88. The zero-order valence-corrected chi connectivity index (χ0v) is 12.8. The molecule has 2 atom stereocenters. The molecule has 0 spiro atoms. The van der Waals surface area contributed by atoms with Crippen molar-refractivity contribution in [1.82, 2.24) is 4.90 Å². The van der Waals surface area contributed by atoms with Crippen LogP contribution in [0.2, 0.25) is 0 Å². The van der Waals surface area contributed by atoms with Gasteiger partial charge in [0.25, 0.3) is 0 Å². The molecule has 2 heterocycles. The highest BCUT2D eigenvalue weighted by atomic mass is 15.3. The summed E-state index contributed by atoms with van der Waals surface area (Å²) in [5, 5.41) is 0. The Morgan fingerprint density at radius 1 is 1.22 bits per heavy atom. The SMILES string of the molecule is CN1C2=CCC[C@H](CC[N+](C)(C)C)[C@@H]1CCCC2. The molecule has 2 bridgehead atoms. The van der Waals surface area contributed by atoms with Crippen molar-refractivity contribution in [2.24, 2.45) is 5.92 Å². The van der Waals surface area contributed by atoms with Crippen LogP contribution in [0.4, 0.5) is 0 Å². The van der Waals surface area contributed by atoms with Crippen molar-refractivity contribution in [3.63, 3.8) is 0 Å². The molecule has 0 unspecified atom stereocenters. The molecule has 1 fully saturated rings. The van der Waals surface area contributed by atoms with E-state index in [-0.39, 0.29) is 0 Å². The number of nitrogens with zero attached hydrogens (tertiary/aromatic N) is 2. The van der Waals surface area contributed by atoms with Gasteiger partial charge >= 0.3 is 0 Å². The van der Waals surface area contributed by atoms with Crippen LogP contribution in [0.5, 0.6) is 0 Å². The third kappa shape index (κ3) is 3.50. The minimum absolute atomic E-state index is 0.813. The van der Waals surface area contributed by atoms with Crippen molar-refractivity contribution in [2.45, 2.75) is 51.0 Å². The first-order valence-corrected chi connectivity index (χ1v) is 7.70. The minimum atomic E-state index is 0.813. The van der Waals surface area contributed by atoms with Gasteiger partial charge in [0.1, 0.15) is 0 Å². The lowest BCUT2D eigenvalue weighted by Crippen LogP contribution is -2.40. The van der Waals surface area contributed by atoms with E-state index < -0.39 is 0 Å². The van der Waals surface area contributed by atoms with Crippen LogP contribution in [0, 0.1) is 5.92 Å². The maximum Gasteiger partial charge on any atom is 0.0783 e. The maximum absolute atomic E-state index is 2.63. The molecule has 2 aliphatic rings. The largest absolute Gasteiger partial charge is 0.375 e. The Bertz CT molecular complexity index is 301. The van der Waals surface area contributed by atoms with Crippen LogP contribution >= 0.6 is 0 Å². The predicted octanol–water partition coefficient (Wildman–Crippen LogP) is 3.25. The lowest BCUT2D eigenvalue weighted by Gasteiger charge is -2.35. The molecule has 0 radical (unpaired) electrons. The van der Waals surface area contributed by atoms with Gasteiger partial charge in [0.05, 0.1) is 27.7 Å². The number of allylic oxidation sites excluding steroid dienone is 2. The average Bonchev–Trinajstić information content (AvgIpc) is 2.55. The highest BCUT2D eigenvalue weighted by molar-refractivity contribution is 5.07. The Balaban J connectivity index is 2.03. The molecule has 2 nitrogen and oxygen atoms in total. The average molecular weight is 251 g/mol. The Labute approximate surface area is 113 Å². The van der Waals surface area contributed by atoms with Gasteiger partial charge in [-0.2, -0.15) is 0 Å². The van der Waals surface area contributed by atoms with Crippen LogP contribution in [0.3, 0.4) is 0 Å². The third-order valence-electron chi connectivity index (χ3n) is 4.77. The van der Waals surface area contributed by atoms with Gasteiger partial charge in [-0.05, 0) is 38.0 Å². The monoisotopic (exact) mass is 251 g/mol. The number of rotatable bonds is 3. The highest BCUT2D eigenvalue weighted by Crippen LogP contribution is 2.34. The summed E-state index contributed by atoms with van der Waals surface area (Å²) in [4.78, 5) is 2.63. The van der Waals surface area contributed by atoms with Crippen LogP contribution in [0.25, 0.3) is 0 Å². The van der Waals surface area contributed by atoms with Gasteiger partial charge in [-0.25, -0.2) is 0 Å². The predicted molar refractivity (Wildman–Crippen MR) is 78.3 cm³/mol. The van der Waals surface area contributed by atoms with E-state index in [9.17, 15) is 0 Å². The van der Waals surface area contributed by atoms with Gasteiger partial charge < -0.3 is 9.38 Å². The van der Waals surface area contributed by atoms with Gasteiger partial charge in [-0.15, -0.1) is 0 Å². The molecule has 0 aliphatic carbocycles. The molecule has 0 saturated carbocycles. The quantitative estimate of drug-likeness (QED) is 0.696. The van der Waals surface area contributed by atoms with Gasteiger partial charge in [-0.1, -0.05) is 12.5 Å². The molecule has 0 aromatic carbocycles. The third-order valence-corrected chi connectivity index (χ3v) is 4.77. The molecule has 104 valence electrons. The van der Waals surface area contributed by atoms with Crippen molar-refractivity contribution in [3.8, 4) is 0 Å². The molecule has 0 amide bonds. The Kier molecular flexibility index (Phi) is 4.37. The van der Waals surface area contributed by atoms with E-state index >= 15 is 0 Å². The fourth-order valence-corrected chi connectivity index (χ4v) is 3.59. The van der Waals surface area contributed by atoms with E-state index in [1.54, 1.807) is 5.70 Å². The second-order valence-corrected chi connectivity index (χ2v) is 7.26. The molecule has 0 N–H and O–H groups in total. The van der Waals surface area contributed by atoms with Crippen molar-refractivity contribution >= 4 is 0 Å². The topological polar surface area (TPSA) is 3.24 Å². The van der Waals surface area contributed by atoms with E-state index in [1.165, 1.54) is 51.5 Å². The zero-order chi connectivity index (χ0) is 13.2. The van der Waals surface area contributed by atoms with Gasteiger partial charge in [-0.3, -0.25) is 0 Å². The summed E-state index contributed by atoms with van der Waals surface area (Å²) in [5.74, 6) is 0.902. The molecule has 2 heteroatoms. The lowest BCUT2D eigenvalue weighted by molar-refractivity contribution is -0.871. The molecular weight excluding hydrogens is 220 g/mol. The van der Waals surface area contributed by atoms with Crippen LogP contribution in [0.15, 0.2) is 11.8 Å². The number of hydrogen-bond acceptors (Lipinski definition) is 1. The van der Waals surface area contributed by atoms with Crippen LogP contribution < -0.4 is 0 Å². The maximum atomic E-state index is 2.63. The van der Waals surface area contributed by atoms with Crippen molar-refractivity contribution < 1.29 is 4.48 Å². The molecular formula is C16H31N2+. The van der Waals surface area contributed by atoms with Gasteiger partial charge in [0, 0.05) is 25.2 Å². The Morgan fingerprint density at radius 2 is 2.00 bits per heavy atom. The minimum Gasteiger partial charge on any atom is -0.375 e. The normalized spacial score (nSPS) is 29.6. The summed E-state index contributed by atoms with van der Waals surface area (Å²) < 4.78 is 1.10. The second kappa shape index (κ2) is 5.64. The van der Waals surface area contributed by atoms with Crippen molar-refractivity contribution in [2.75, 3.05) is 34.7 Å². The summed E-state index contributed by atoms with van der Waals surface area (Å²) >= 11 is 0. The van der Waals surface area contributed by atoms with Crippen molar-refractivity contribution in [1.29, 1.82) is 0 Å². The van der Waals surface area contributed by atoms with Crippen LogP contribution in [0.1, 0.15) is 44.9 Å². The first-order valence-electron chi connectivity index (χ1n) is 7.70. The van der Waals surface area contributed by atoms with E-state index in [1.807, 2.05) is 0 Å². The first-order chi connectivity index (χ1) is 8.47. The highest BCUT2D eigenvalue weighted by Gasteiger charge is 2.30. The number of quaternary nitrogens is 1. The first kappa shape index (κ1) is 13.9.